The molecule has 1 atom stereocenters. The molecule has 1 aromatic carbocycles. The molecule has 3 heteroatoms. The van der Waals surface area contributed by atoms with Gasteiger partial charge in [0.1, 0.15) is 5.75 Å². The topological polar surface area (TPSA) is 35.2 Å². The fraction of sp³-hybridized carbons (Fsp3) is 0.538. The highest BCUT2D eigenvalue weighted by Crippen LogP contribution is 2.28. The van der Waals surface area contributed by atoms with Crippen LogP contribution in [0.4, 0.5) is 0 Å². The Morgan fingerprint density at radius 1 is 1.31 bits per heavy atom. The third kappa shape index (κ3) is 3.80. The van der Waals surface area contributed by atoms with Crippen LogP contribution in [0.25, 0.3) is 0 Å². The van der Waals surface area contributed by atoms with Gasteiger partial charge in [0.2, 0.25) is 0 Å². The molecule has 0 spiro atoms. The van der Waals surface area contributed by atoms with Crippen molar-refractivity contribution in [2.24, 2.45) is 5.73 Å². The van der Waals surface area contributed by atoms with E-state index in [0.29, 0.717) is 0 Å². The Kier molecular flexibility index (Phi) is 5.85. The van der Waals surface area contributed by atoms with Gasteiger partial charge in [-0.2, -0.15) is 0 Å². The summed E-state index contributed by atoms with van der Waals surface area (Å²) in [5.41, 5.74) is 7.25. The van der Waals surface area contributed by atoms with Gasteiger partial charge < -0.3 is 10.5 Å². The number of nitrogens with two attached hydrogens (primary N) is 1. The molecule has 0 radical (unpaired) electrons. The van der Waals surface area contributed by atoms with E-state index in [1.54, 1.807) is 0 Å². The molecule has 0 bridgehead atoms. The molecule has 0 saturated heterocycles. The summed E-state index contributed by atoms with van der Waals surface area (Å²) < 4.78 is 6.67. The van der Waals surface area contributed by atoms with Gasteiger partial charge in [0.25, 0.3) is 0 Å². The molecular formula is C13H20BrNO. The highest BCUT2D eigenvalue weighted by Gasteiger charge is 2.10. The highest BCUT2D eigenvalue weighted by atomic mass is 79.9. The number of halogens is 1. The van der Waals surface area contributed by atoms with Crippen LogP contribution in [-0.2, 0) is 0 Å². The minimum atomic E-state index is 0.0875. The van der Waals surface area contributed by atoms with Gasteiger partial charge in [-0.3, -0.25) is 0 Å². The number of benzene rings is 1. The van der Waals surface area contributed by atoms with Crippen molar-refractivity contribution in [1.29, 1.82) is 0 Å². The van der Waals surface area contributed by atoms with Crippen molar-refractivity contribution in [2.45, 2.75) is 39.2 Å². The smallest absolute Gasteiger partial charge is 0.119 e. The van der Waals surface area contributed by atoms with Gasteiger partial charge in [-0.15, -0.1) is 0 Å². The number of hydrogen-bond donors (Lipinski definition) is 1. The van der Waals surface area contributed by atoms with E-state index < -0.39 is 0 Å². The van der Waals surface area contributed by atoms with Crippen LogP contribution in [0.2, 0.25) is 0 Å². The summed E-state index contributed by atoms with van der Waals surface area (Å²) in [5.74, 6) is 0.909. The van der Waals surface area contributed by atoms with E-state index in [4.69, 9.17) is 10.5 Å². The molecule has 1 aromatic rings. The normalized spacial score (nSPS) is 12.5. The first kappa shape index (κ1) is 13.5. The molecular weight excluding hydrogens is 266 g/mol. The molecule has 0 fully saturated rings. The minimum Gasteiger partial charge on any atom is -0.494 e. The van der Waals surface area contributed by atoms with E-state index in [1.165, 1.54) is 0 Å². The summed E-state index contributed by atoms with van der Waals surface area (Å²) in [5, 5.41) is 0. The SMILES string of the molecule is CCCOc1ccc(Br)c(C(N)CCC)c1. The van der Waals surface area contributed by atoms with Crippen molar-refractivity contribution in [3.05, 3.63) is 28.2 Å². The molecule has 0 saturated carbocycles. The molecule has 0 aliphatic heterocycles. The van der Waals surface area contributed by atoms with Crippen LogP contribution in [0.3, 0.4) is 0 Å². The summed E-state index contributed by atoms with van der Waals surface area (Å²) in [4.78, 5) is 0. The Labute approximate surface area is 106 Å². The monoisotopic (exact) mass is 285 g/mol. The average Bonchev–Trinajstić information content (AvgIpc) is 2.28. The van der Waals surface area contributed by atoms with Crippen molar-refractivity contribution in [2.75, 3.05) is 6.61 Å². The van der Waals surface area contributed by atoms with Crippen LogP contribution in [0.5, 0.6) is 5.75 Å². The van der Waals surface area contributed by atoms with Crippen molar-refractivity contribution in [3.63, 3.8) is 0 Å². The molecule has 1 rings (SSSR count). The third-order valence-corrected chi connectivity index (χ3v) is 3.16. The van der Waals surface area contributed by atoms with Gasteiger partial charge in [-0.05, 0) is 36.6 Å². The Hall–Kier alpha value is -0.540. The first-order valence-electron chi connectivity index (χ1n) is 5.86. The van der Waals surface area contributed by atoms with Gasteiger partial charge in [0.15, 0.2) is 0 Å². The lowest BCUT2D eigenvalue weighted by Gasteiger charge is -2.14. The molecule has 90 valence electrons. The number of rotatable bonds is 6. The van der Waals surface area contributed by atoms with Crippen LogP contribution in [-0.4, -0.2) is 6.61 Å². The third-order valence-electron chi connectivity index (χ3n) is 2.44. The van der Waals surface area contributed by atoms with Gasteiger partial charge >= 0.3 is 0 Å². The summed E-state index contributed by atoms with van der Waals surface area (Å²) in [6.07, 6.45) is 3.11. The lowest BCUT2D eigenvalue weighted by molar-refractivity contribution is 0.317. The van der Waals surface area contributed by atoms with Crippen LogP contribution in [0.15, 0.2) is 22.7 Å². The molecule has 2 N–H and O–H groups in total. The van der Waals surface area contributed by atoms with Crippen molar-refractivity contribution in [1.82, 2.24) is 0 Å². The zero-order valence-electron chi connectivity index (χ0n) is 10.0. The van der Waals surface area contributed by atoms with E-state index in [2.05, 4.69) is 29.8 Å². The molecule has 0 aliphatic carbocycles. The fourth-order valence-corrected chi connectivity index (χ4v) is 2.12. The molecule has 0 aromatic heterocycles. The maximum atomic E-state index is 6.12. The molecule has 0 amide bonds. The summed E-state index contributed by atoms with van der Waals surface area (Å²) >= 11 is 3.53. The second-order valence-electron chi connectivity index (χ2n) is 3.93. The Morgan fingerprint density at radius 2 is 2.06 bits per heavy atom. The van der Waals surface area contributed by atoms with Crippen molar-refractivity contribution >= 4 is 15.9 Å². The van der Waals surface area contributed by atoms with E-state index in [0.717, 1.165) is 41.7 Å². The van der Waals surface area contributed by atoms with Crippen LogP contribution in [0, 0.1) is 0 Å². The van der Waals surface area contributed by atoms with E-state index in [1.807, 2.05) is 18.2 Å². The van der Waals surface area contributed by atoms with Gasteiger partial charge in [0, 0.05) is 10.5 Å². The predicted molar refractivity (Wildman–Crippen MR) is 71.8 cm³/mol. The maximum absolute atomic E-state index is 6.12. The van der Waals surface area contributed by atoms with Gasteiger partial charge in [-0.1, -0.05) is 36.2 Å². The molecule has 2 nitrogen and oxygen atoms in total. The molecule has 16 heavy (non-hydrogen) atoms. The van der Waals surface area contributed by atoms with E-state index >= 15 is 0 Å². The zero-order chi connectivity index (χ0) is 12.0. The lowest BCUT2D eigenvalue weighted by atomic mass is 10.0. The minimum absolute atomic E-state index is 0.0875. The lowest BCUT2D eigenvalue weighted by Crippen LogP contribution is -2.10. The Morgan fingerprint density at radius 3 is 2.69 bits per heavy atom. The Balaban J connectivity index is 2.81. The van der Waals surface area contributed by atoms with Gasteiger partial charge in [-0.25, -0.2) is 0 Å². The largest absolute Gasteiger partial charge is 0.494 e. The van der Waals surface area contributed by atoms with Crippen molar-refractivity contribution in [3.8, 4) is 5.75 Å². The zero-order valence-corrected chi connectivity index (χ0v) is 11.6. The molecule has 1 unspecified atom stereocenters. The summed E-state index contributed by atoms with van der Waals surface area (Å²) in [7, 11) is 0. The molecule has 0 heterocycles. The molecule has 0 aliphatic rings. The van der Waals surface area contributed by atoms with Crippen LogP contribution >= 0.6 is 15.9 Å². The Bertz CT molecular complexity index is 328. The fourth-order valence-electron chi connectivity index (χ4n) is 1.58. The summed E-state index contributed by atoms with van der Waals surface area (Å²) in [6, 6.07) is 6.11. The second kappa shape index (κ2) is 6.92. The second-order valence-corrected chi connectivity index (χ2v) is 4.78. The average molecular weight is 286 g/mol. The van der Waals surface area contributed by atoms with Gasteiger partial charge in [0.05, 0.1) is 6.61 Å². The quantitative estimate of drug-likeness (QED) is 0.856. The highest BCUT2D eigenvalue weighted by molar-refractivity contribution is 9.10. The first-order chi connectivity index (χ1) is 7.69. The van der Waals surface area contributed by atoms with Crippen LogP contribution < -0.4 is 10.5 Å². The van der Waals surface area contributed by atoms with Crippen LogP contribution in [0.1, 0.15) is 44.7 Å². The maximum Gasteiger partial charge on any atom is 0.119 e. The first-order valence-corrected chi connectivity index (χ1v) is 6.66. The number of hydrogen-bond acceptors (Lipinski definition) is 2. The summed E-state index contributed by atoms with van der Waals surface area (Å²) in [6.45, 7) is 5.00. The van der Waals surface area contributed by atoms with Crippen molar-refractivity contribution < 1.29 is 4.74 Å². The van der Waals surface area contributed by atoms with E-state index in [9.17, 15) is 0 Å². The predicted octanol–water partition coefficient (Wildman–Crippen LogP) is 4.04. The number of ether oxygens (including phenoxy) is 1. The standard InChI is InChI=1S/C13H20BrNO/c1-3-5-13(15)11-9-10(16-8-4-2)6-7-12(11)14/h6-7,9,13H,3-5,8,15H2,1-2H3. The van der Waals surface area contributed by atoms with E-state index in [-0.39, 0.29) is 6.04 Å².